The summed E-state index contributed by atoms with van der Waals surface area (Å²) in [7, 11) is 0. The maximum absolute atomic E-state index is 12.8. The van der Waals surface area contributed by atoms with Gasteiger partial charge in [0.25, 0.3) is 5.69 Å². The van der Waals surface area contributed by atoms with Crippen molar-refractivity contribution in [3.05, 3.63) is 81.5 Å². The minimum Gasteiger partial charge on any atom is -0.293 e. The average molecular weight is 543 g/mol. The predicted octanol–water partition coefficient (Wildman–Crippen LogP) is 6.87. The number of hydrogen-bond donors (Lipinski definition) is 0. The fraction of sp³-hybridized carbons (Fsp3) is 0.158. The number of benzene rings is 1. The molecule has 0 fully saturated rings. The Balaban J connectivity index is 1.91. The van der Waals surface area contributed by atoms with Crippen LogP contribution in [0.1, 0.15) is 43.7 Å². The molecule has 0 aliphatic carbocycles. The van der Waals surface area contributed by atoms with Gasteiger partial charge in [-0.15, -0.1) is 22.7 Å². The van der Waals surface area contributed by atoms with E-state index in [0.29, 0.717) is 24.3 Å². The largest absolute Gasteiger partial charge is 0.293 e. The smallest absolute Gasteiger partial charge is 0.269 e. The number of Topliss-reactive ketones (excluding diaryl/α,β-unsaturated/α-hetero) is 2. The van der Waals surface area contributed by atoms with E-state index in [0.717, 1.165) is 0 Å². The van der Waals surface area contributed by atoms with Crippen LogP contribution in [0.3, 0.4) is 0 Å². The molecule has 0 spiro atoms. The molecule has 2 heterocycles. The Labute approximate surface area is 185 Å². The van der Waals surface area contributed by atoms with Crippen molar-refractivity contribution in [3.63, 3.8) is 0 Å². The van der Waals surface area contributed by atoms with Crippen molar-refractivity contribution in [2.75, 3.05) is 0 Å². The zero-order valence-corrected chi connectivity index (χ0v) is 19.1. The predicted molar refractivity (Wildman–Crippen MR) is 118 cm³/mol. The lowest BCUT2D eigenvalue weighted by Gasteiger charge is -2.16. The van der Waals surface area contributed by atoms with E-state index in [2.05, 4.69) is 31.9 Å². The van der Waals surface area contributed by atoms with Gasteiger partial charge >= 0.3 is 0 Å². The number of carbonyl (C=O) groups is 2. The molecule has 0 aliphatic rings. The summed E-state index contributed by atoms with van der Waals surface area (Å²) in [5, 5.41) is 14.8. The number of hydrogen-bond acceptors (Lipinski definition) is 6. The molecule has 2 aromatic heterocycles. The van der Waals surface area contributed by atoms with Crippen molar-refractivity contribution in [2.45, 2.75) is 18.8 Å². The number of nitro benzene ring substituents is 1. The molecule has 3 aromatic rings. The molecule has 28 heavy (non-hydrogen) atoms. The molecule has 0 saturated heterocycles. The zero-order valence-electron chi connectivity index (χ0n) is 14.3. The van der Waals surface area contributed by atoms with Gasteiger partial charge in [-0.2, -0.15) is 0 Å². The van der Waals surface area contributed by atoms with Crippen LogP contribution < -0.4 is 0 Å². The Hall–Kier alpha value is -1.68. The van der Waals surface area contributed by atoms with Crippen LogP contribution >= 0.6 is 54.5 Å². The summed E-state index contributed by atoms with van der Waals surface area (Å²) in [4.78, 5) is 37.4. The van der Waals surface area contributed by atoms with Gasteiger partial charge in [0.15, 0.2) is 11.6 Å². The fourth-order valence-corrected chi connectivity index (χ4v) is 5.91. The summed E-state index contributed by atoms with van der Waals surface area (Å²) in [6.07, 6.45) is 0.185. The quantitative estimate of drug-likeness (QED) is 0.177. The standard InChI is InChI=1S/C19H13Br2NO4S2/c20-14-4-6-27-18(14)16(23)9-12(10-17(24)19-15(21)5-7-28-19)11-2-1-3-13(8-11)22(25)26/h1-8,12H,9-10H2. The number of nitro groups is 1. The Morgan fingerprint density at radius 1 is 0.964 bits per heavy atom. The summed E-state index contributed by atoms with van der Waals surface area (Å²) in [5.41, 5.74) is 0.549. The first-order valence-electron chi connectivity index (χ1n) is 8.13. The molecule has 3 rings (SSSR count). The van der Waals surface area contributed by atoms with E-state index in [-0.39, 0.29) is 30.1 Å². The van der Waals surface area contributed by atoms with Crippen molar-refractivity contribution >= 4 is 71.8 Å². The topological polar surface area (TPSA) is 77.3 Å². The summed E-state index contributed by atoms with van der Waals surface area (Å²) in [6.45, 7) is 0. The third kappa shape index (κ3) is 4.83. The number of rotatable bonds is 8. The van der Waals surface area contributed by atoms with E-state index in [9.17, 15) is 19.7 Å². The number of halogens is 2. The van der Waals surface area contributed by atoms with E-state index >= 15 is 0 Å². The number of non-ortho nitro benzene ring substituents is 1. The van der Waals surface area contributed by atoms with Gasteiger partial charge in [-0.1, -0.05) is 12.1 Å². The van der Waals surface area contributed by atoms with Crippen LogP contribution in [0.2, 0.25) is 0 Å². The number of thiophene rings is 2. The van der Waals surface area contributed by atoms with E-state index < -0.39 is 10.8 Å². The van der Waals surface area contributed by atoms with E-state index in [1.165, 1.54) is 34.8 Å². The van der Waals surface area contributed by atoms with Crippen LogP contribution in [0.15, 0.2) is 56.1 Å². The lowest BCUT2D eigenvalue weighted by atomic mass is 9.88. The third-order valence-corrected chi connectivity index (χ3v) is 7.91. The van der Waals surface area contributed by atoms with E-state index in [4.69, 9.17) is 0 Å². The van der Waals surface area contributed by atoms with Gasteiger partial charge in [0.2, 0.25) is 0 Å². The Morgan fingerprint density at radius 2 is 1.50 bits per heavy atom. The molecule has 0 N–H and O–H groups in total. The van der Waals surface area contributed by atoms with E-state index in [1.807, 2.05) is 10.8 Å². The summed E-state index contributed by atoms with van der Waals surface area (Å²) >= 11 is 9.38. The molecule has 0 saturated carbocycles. The van der Waals surface area contributed by atoms with Crippen molar-refractivity contribution in [3.8, 4) is 0 Å². The molecule has 0 amide bonds. The number of nitrogens with zero attached hydrogens (tertiary/aromatic N) is 1. The lowest BCUT2D eigenvalue weighted by Crippen LogP contribution is -2.12. The first-order chi connectivity index (χ1) is 13.4. The van der Waals surface area contributed by atoms with Crippen LogP contribution in [0.4, 0.5) is 5.69 Å². The highest BCUT2D eigenvalue weighted by Crippen LogP contribution is 2.34. The second-order valence-corrected chi connectivity index (χ2v) is 9.54. The maximum atomic E-state index is 12.8. The SMILES string of the molecule is O=C(CC(CC(=O)c1sccc1Br)c1cccc([N+](=O)[O-])c1)c1sccc1Br. The molecule has 144 valence electrons. The summed E-state index contributed by atoms with van der Waals surface area (Å²) in [5.74, 6) is -0.657. The molecule has 1 aromatic carbocycles. The highest BCUT2D eigenvalue weighted by Gasteiger charge is 2.25. The molecular formula is C19H13Br2NO4S2. The van der Waals surface area contributed by atoms with E-state index in [1.54, 1.807) is 24.3 Å². The molecular weight excluding hydrogens is 530 g/mol. The molecule has 9 heteroatoms. The zero-order chi connectivity index (χ0) is 20.3. The van der Waals surface area contributed by atoms with Crippen molar-refractivity contribution in [1.29, 1.82) is 0 Å². The van der Waals surface area contributed by atoms with Gasteiger partial charge in [-0.05, 0) is 66.2 Å². The monoisotopic (exact) mass is 541 g/mol. The normalized spacial score (nSPS) is 11.0. The first kappa shape index (κ1) is 21.0. The van der Waals surface area contributed by atoms with Gasteiger partial charge in [-0.3, -0.25) is 19.7 Å². The molecule has 0 bridgehead atoms. The highest BCUT2D eigenvalue weighted by atomic mass is 79.9. The Kier molecular flexibility index (Phi) is 6.92. The molecule has 0 unspecified atom stereocenters. The van der Waals surface area contributed by atoms with Crippen LogP contribution in [-0.2, 0) is 0 Å². The van der Waals surface area contributed by atoms with Crippen LogP contribution in [-0.4, -0.2) is 16.5 Å². The minimum atomic E-state index is -0.476. The van der Waals surface area contributed by atoms with Gasteiger partial charge in [0, 0.05) is 33.9 Å². The average Bonchev–Trinajstić information content (AvgIpc) is 3.29. The number of carbonyl (C=O) groups excluding carboxylic acids is 2. The first-order valence-corrected chi connectivity index (χ1v) is 11.5. The summed E-state index contributed by atoms with van der Waals surface area (Å²) < 4.78 is 1.43. The van der Waals surface area contributed by atoms with Gasteiger partial charge < -0.3 is 0 Å². The highest BCUT2D eigenvalue weighted by molar-refractivity contribution is 9.11. The molecule has 5 nitrogen and oxygen atoms in total. The maximum Gasteiger partial charge on any atom is 0.269 e. The van der Waals surface area contributed by atoms with Crippen molar-refractivity contribution in [1.82, 2.24) is 0 Å². The third-order valence-electron chi connectivity index (χ3n) is 4.16. The molecule has 0 aliphatic heterocycles. The van der Waals surface area contributed by atoms with Crippen molar-refractivity contribution in [2.24, 2.45) is 0 Å². The fourth-order valence-electron chi connectivity index (χ4n) is 2.82. The van der Waals surface area contributed by atoms with Gasteiger partial charge in [0.05, 0.1) is 14.7 Å². The Bertz CT molecular complexity index is 990. The van der Waals surface area contributed by atoms with Gasteiger partial charge in [-0.25, -0.2) is 0 Å². The van der Waals surface area contributed by atoms with Gasteiger partial charge in [0.1, 0.15) is 0 Å². The van der Waals surface area contributed by atoms with Crippen LogP contribution in [0.5, 0.6) is 0 Å². The van der Waals surface area contributed by atoms with Crippen LogP contribution in [0.25, 0.3) is 0 Å². The Morgan fingerprint density at radius 3 is 1.93 bits per heavy atom. The second-order valence-electron chi connectivity index (χ2n) is 6.00. The lowest BCUT2D eigenvalue weighted by molar-refractivity contribution is -0.384. The second kappa shape index (κ2) is 9.21. The summed E-state index contributed by atoms with van der Waals surface area (Å²) in [6, 6.07) is 9.75. The number of ketones is 2. The van der Waals surface area contributed by atoms with Crippen molar-refractivity contribution < 1.29 is 14.5 Å². The minimum absolute atomic E-state index is 0.0583. The molecule has 0 atom stereocenters. The molecule has 0 radical (unpaired) electrons. The van der Waals surface area contributed by atoms with Crippen LogP contribution in [0, 0.1) is 10.1 Å².